The summed E-state index contributed by atoms with van der Waals surface area (Å²) in [5.74, 6) is 0. The second-order valence-corrected chi connectivity index (χ2v) is 9.95. The van der Waals surface area contributed by atoms with Crippen LogP contribution < -0.4 is 4.90 Å². The molecule has 1 saturated heterocycles. The zero-order chi connectivity index (χ0) is 25.2. The molecule has 35 heavy (non-hydrogen) atoms. The van der Waals surface area contributed by atoms with E-state index in [4.69, 9.17) is 0 Å². The minimum absolute atomic E-state index is 0.202. The highest BCUT2D eigenvalue weighted by atomic mass is 16.2. The predicted molar refractivity (Wildman–Crippen MR) is 153 cm³/mol. The van der Waals surface area contributed by atoms with Gasteiger partial charge in [0.05, 0.1) is 0 Å². The second kappa shape index (κ2) is 13.5. The van der Waals surface area contributed by atoms with E-state index in [1.54, 1.807) is 0 Å². The zero-order valence-electron chi connectivity index (χ0n) is 22.3. The molecule has 0 amide bonds. The molecule has 1 aromatic carbocycles. The van der Waals surface area contributed by atoms with Crippen molar-refractivity contribution in [3.05, 3.63) is 95.2 Å². The molecule has 2 aliphatic rings. The number of rotatable bonds is 10. The molecule has 1 fully saturated rings. The molecule has 0 bridgehead atoms. The van der Waals surface area contributed by atoms with Gasteiger partial charge in [-0.3, -0.25) is 4.90 Å². The molecule has 0 radical (unpaired) electrons. The third-order valence-corrected chi connectivity index (χ3v) is 7.11. The monoisotopic (exact) mass is 472 g/mol. The Balaban J connectivity index is 2.00. The van der Waals surface area contributed by atoms with E-state index in [1.165, 1.54) is 33.5 Å². The zero-order valence-corrected chi connectivity index (χ0v) is 22.3. The van der Waals surface area contributed by atoms with Crippen molar-refractivity contribution in [2.45, 2.75) is 59.4 Å². The maximum atomic E-state index is 9.64. The average molecular weight is 473 g/mol. The van der Waals surface area contributed by atoms with Crippen LogP contribution in [-0.4, -0.2) is 48.8 Å². The number of hydrogen-bond donors (Lipinski definition) is 1. The van der Waals surface area contributed by atoms with E-state index in [9.17, 15) is 5.11 Å². The summed E-state index contributed by atoms with van der Waals surface area (Å²) in [6, 6.07) is 9.75. The highest BCUT2D eigenvalue weighted by Gasteiger charge is 2.20. The lowest BCUT2D eigenvalue weighted by atomic mass is 9.85. The summed E-state index contributed by atoms with van der Waals surface area (Å²) in [6.07, 6.45) is 16.9. The Hall–Kier alpha value is -2.62. The molecule has 0 unspecified atom stereocenters. The lowest BCUT2D eigenvalue weighted by Gasteiger charge is -2.38. The molecule has 3 rings (SSSR count). The van der Waals surface area contributed by atoms with Gasteiger partial charge in [-0.15, -0.1) is 0 Å². The van der Waals surface area contributed by atoms with Crippen LogP contribution in [0.25, 0.3) is 5.57 Å². The van der Waals surface area contributed by atoms with Crippen LogP contribution in [0.5, 0.6) is 0 Å². The number of hydrogen-bond acceptors (Lipinski definition) is 3. The van der Waals surface area contributed by atoms with E-state index >= 15 is 0 Å². The minimum Gasteiger partial charge on any atom is -0.396 e. The summed E-state index contributed by atoms with van der Waals surface area (Å²) < 4.78 is 0. The summed E-state index contributed by atoms with van der Waals surface area (Å²) in [5, 5.41) is 9.64. The number of allylic oxidation sites excluding steroid dienone is 11. The SMILES string of the molecule is C=C\C(C)=C/C=C(C)/C(=C(\CCCO)C1=CCCC=C1)c1ccc(N2CCN(C(C)C)CC2)cc1. The van der Waals surface area contributed by atoms with Crippen molar-refractivity contribution in [3.8, 4) is 0 Å². The third-order valence-electron chi connectivity index (χ3n) is 7.11. The fourth-order valence-corrected chi connectivity index (χ4v) is 4.89. The van der Waals surface area contributed by atoms with E-state index < -0.39 is 0 Å². The van der Waals surface area contributed by atoms with Crippen LogP contribution in [0.2, 0.25) is 0 Å². The molecule has 1 aromatic rings. The summed E-state index contributed by atoms with van der Waals surface area (Å²) in [5.41, 5.74) is 8.82. The molecule has 188 valence electrons. The van der Waals surface area contributed by atoms with Gasteiger partial charge >= 0.3 is 0 Å². The molecule has 0 aromatic heterocycles. The van der Waals surface area contributed by atoms with Gasteiger partial charge in [-0.2, -0.15) is 0 Å². The molecule has 0 saturated carbocycles. The second-order valence-electron chi connectivity index (χ2n) is 9.95. The molecule has 1 aliphatic heterocycles. The van der Waals surface area contributed by atoms with Crippen LogP contribution in [0.15, 0.2) is 89.6 Å². The summed E-state index contributed by atoms with van der Waals surface area (Å²) in [7, 11) is 0. The van der Waals surface area contributed by atoms with Crippen LogP contribution in [0.1, 0.15) is 58.9 Å². The lowest BCUT2D eigenvalue weighted by Crippen LogP contribution is -2.48. The first-order chi connectivity index (χ1) is 16.9. The number of aliphatic hydroxyl groups is 1. The van der Waals surface area contributed by atoms with Gasteiger partial charge < -0.3 is 10.0 Å². The maximum Gasteiger partial charge on any atom is 0.0434 e. The van der Waals surface area contributed by atoms with Crippen molar-refractivity contribution < 1.29 is 5.11 Å². The molecule has 1 N–H and O–H groups in total. The topological polar surface area (TPSA) is 26.7 Å². The van der Waals surface area contributed by atoms with Crippen molar-refractivity contribution in [3.63, 3.8) is 0 Å². The van der Waals surface area contributed by atoms with Crippen LogP contribution >= 0.6 is 0 Å². The number of anilines is 1. The summed E-state index contributed by atoms with van der Waals surface area (Å²) in [4.78, 5) is 5.06. The van der Waals surface area contributed by atoms with Crippen molar-refractivity contribution >= 4 is 11.3 Å². The molecule has 1 heterocycles. The number of benzene rings is 1. The number of aliphatic hydroxyl groups excluding tert-OH is 1. The van der Waals surface area contributed by atoms with E-state index in [-0.39, 0.29) is 6.61 Å². The van der Waals surface area contributed by atoms with Gasteiger partial charge in [0, 0.05) is 44.5 Å². The van der Waals surface area contributed by atoms with E-state index in [0.29, 0.717) is 6.04 Å². The molecule has 0 spiro atoms. The summed E-state index contributed by atoms with van der Waals surface area (Å²) >= 11 is 0. The van der Waals surface area contributed by atoms with E-state index in [0.717, 1.165) is 57.4 Å². The smallest absolute Gasteiger partial charge is 0.0434 e. The van der Waals surface area contributed by atoms with Crippen molar-refractivity contribution in [2.75, 3.05) is 37.7 Å². The van der Waals surface area contributed by atoms with Crippen LogP contribution in [-0.2, 0) is 0 Å². The normalized spacial score (nSPS) is 18.6. The van der Waals surface area contributed by atoms with Gasteiger partial charge in [0.2, 0.25) is 0 Å². The largest absolute Gasteiger partial charge is 0.396 e. The highest BCUT2D eigenvalue weighted by molar-refractivity contribution is 5.85. The average Bonchev–Trinajstić information content (AvgIpc) is 2.90. The van der Waals surface area contributed by atoms with Gasteiger partial charge in [-0.1, -0.05) is 60.7 Å². The molecule has 0 atom stereocenters. The molecule has 3 nitrogen and oxygen atoms in total. The van der Waals surface area contributed by atoms with Gasteiger partial charge in [0.1, 0.15) is 0 Å². The van der Waals surface area contributed by atoms with Gasteiger partial charge in [0.25, 0.3) is 0 Å². The van der Waals surface area contributed by atoms with Crippen molar-refractivity contribution in [1.29, 1.82) is 0 Å². The number of nitrogens with zero attached hydrogens (tertiary/aromatic N) is 2. The van der Waals surface area contributed by atoms with Gasteiger partial charge in [0.15, 0.2) is 0 Å². The quantitative estimate of drug-likeness (QED) is 0.368. The van der Waals surface area contributed by atoms with Crippen molar-refractivity contribution in [1.82, 2.24) is 4.90 Å². The fourth-order valence-electron chi connectivity index (χ4n) is 4.89. The number of piperazine rings is 1. The Morgan fingerprint density at radius 1 is 1.03 bits per heavy atom. The Bertz CT molecular complexity index is 997. The molecule has 3 heteroatoms. The fraction of sp³-hybridized carbons (Fsp3) is 0.438. The Morgan fingerprint density at radius 3 is 2.31 bits per heavy atom. The minimum atomic E-state index is 0.202. The molecule has 1 aliphatic carbocycles. The predicted octanol–water partition coefficient (Wildman–Crippen LogP) is 7.10. The van der Waals surface area contributed by atoms with Crippen LogP contribution in [0, 0.1) is 0 Å². The lowest BCUT2D eigenvalue weighted by molar-refractivity contribution is 0.209. The standard InChI is InChI=1S/C32H44N2O/c1-6-26(4)14-15-27(5)32(31(13-10-24-35)28-11-8-7-9-12-28)29-16-18-30(19-17-29)34-22-20-33(21-23-34)25(2)3/h6,8,11-12,14-19,25,35H,1,7,9-10,13,20-24H2,2-5H3/b26-14-,27-15+,32-31-. The van der Waals surface area contributed by atoms with E-state index in [2.05, 4.69) is 98.7 Å². The molecular formula is C32H44N2O. The highest BCUT2D eigenvalue weighted by Crippen LogP contribution is 2.36. The third kappa shape index (κ3) is 7.43. The van der Waals surface area contributed by atoms with Crippen LogP contribution in [0.3, 0.4) is 0 Å². The van der Waals surface area contributed by atoms with Gasteiger partial charge in [-0.05, 0) is 93.4 Å². The molecular weight excluding hydrogens is 428 g/mol. The Labute approximate surface area is 213 Å². The Morgan fingerprint density at radius 2 is 1.74 bits per heavy atom. The van der Waals surface area contributed by atoms with Crippen molar-refractivity contribution in [2.24, 2.45) is 0 Å². The van der Waals surface area contributed by atoms with Gasteiger partial charge in [-0.25, -0.2) is 0 Å². The van der Waals surface area contributed by atoms with E-state index in [1.807, 2.05) is 6.08 Å². The summed E-state index contributed by atoms with van der Waals surface area (Å²) in [6.45, 7) is 17.3. The first-order valence-electron chi connectivity index (χ1n) is 13.2. The first-order valence-corrected chi connectivity index (χ1v) is 13.2. The first kappa shape index (κ1) is 27.0. The van der Waals surface area contributed by atoms with Crippen LogP contribution in [0.4, 0.5) is 5.69 Å². The Kier molecular flexibility index (Phi) is 10.4. The maximum absolute atomic E-state index is 9.64.